The molecular weight excluding hydrogens is 1560 g/mol. The fourth-order valence-corrected chi connectivity index (χ4v) is 25.5. The highest BCUT2D eigenvalue weighted by atomic mass is 32.2. The second kappa shape index (κ2) is 28.9. The summed E-state index contributed by atoms with van der Waals surface area (Å²) in [6.07, 6.45) is 2.68. The number of benzene rings is 18. The highest BCUT2D eigenvalue weighted by molar-refractivity contribution is 7.99. The molecule has 0 amide bonds. The zero-order valence-corrected chi connectivity index (χ0v) is 70.6. The summed E-state index contributed by atoms with van der Waals surface area (Å²) in [5, 5.41) is 12.5. The third-order valence-electron chi connectivity index (χ3n) is 28.1. The molecule has 7 heteroatoms. The molecule has 0 saturated carbocycles. The maximum absolute atomic E-state index is 10.2. The largest absolute Gasteiger partial charge is 0.282 e. The third-order valence-corrected chi connectivity index (χ3v) is 30.4. The Kier molecular flexibility index (Phi) is 17.0. The van der Waals surface area contributed by atoms with Gasteiger partial charge >= 0.3 is 0 Å². The Bertz CT molecular complexity index is 7590. The average Bonchev–Trinajstić information content (AvgIpc) is 1.41. The van der Waals surface area contributed by atoms with Crippen molar-refractivity contribution in [3.05, 3.63) is 547 Å². The summed E-state index contributed by atoms with van der Waals surface area (Å²) < 4.78 is 0. The van der Waals surface area contributed by atoms with Gasteiger partial charge in [0.25, 0.3) is 0 Å². The van der Waals surface area contributed by atoms with Crippen molar-refractivity contribution in [3.8, 4) is 44.5 Å². The summed E-state index contributed by atoms with van der Waals surface area (Å²) in [5.41, 5.74) is 33.2. The maximum atomic E-state index is 10.2. The number of hydrogen-bond acceptors (Lipinski definition) is 5. The van der Waals surface area contributed by atoms with E-state index in [1.54, 1.807) is 0 Å². The van der Waals surface area contributed by atoms with Crippen LogP contribution in [0.15, 0.2) is 464 Å². The van der Waals surface area contributed by atoms with E-state index in [2.05, 4.69) is 401 Å². The lowest BCUT2D eigenvalue weighted by Gasteiger charge is -2.51. The van der Waals surface area contributed by atoms with Crippen LogP contribution in [0.5, 0.6) is 0 Å². The minimum absolute atomic E-state index is 0.0705. The molecule has 5 nitrogen and oxygen atoms in total. The number of rotatable bonds is 9. The maximum Gasteiger partial charge on any atom is 0.161 e. The Morgan fingerprint density at radius 1 is 0.310 bits per heavy atom. The zero-order chi connectivity index (χ0) is 83.4. The monoisotopic (exact) mass is 1640 g/mol. The van der Waals surface area contributed by atoms with Crippen LogP contribution in [-0.4, -0.2) is 29.4 Å². The summed E-state index contributed by atoms with van der Waals surface area (Å²) in [6.45, 7) is 2.30. The van der Waals surface area contributed by atoms with Crippen molar-refractivity contribution in [1.82, 2.24) is 0 Å². The van der Waals surface area contributed by atoms with E-state index in [0.29, 0.717) is 11.4 Å². The van der Waals surface area contributed by atoms with Crippen molar-refractivity contribution < 1.29 is 0 Å². The Balaban J connectivity index is 0.645. The van der Waals surface area contributed by atoms with Crippen LogP contribution in [0.3, 0.4) is 0 Å². The fraction of sp³-hybridized carbons (Fsp3) is 0.0672. The SMILES string of the molecule is CCC1C(c2ccccc2)=NC(c2ccc3c(c2)C2(c4ccccc4-3)c3ccccc3C3(c4ccccc4Sc4ccccc43)c3ccccc32)=NC1c1ccccc1-c1cccc(-c2ccc3c(c2)-c2cc(C(=N)/N=C(\N=C\c4ccc5ccccc5c4)c4ccccc4)ccc2C32c3ccccc3C3(c4ccccc4Sc4ccccc43)c3ccccc32)c1. The lowest BCUT2D eigenvalue weighted by Crippen LogP contribution is -2.45. The number of aliphatic imine (C=N–C) groups is 4. The Labute approximate surface area is 741 Å². The number of nitrogens with zero attached hydrogens (tertiary/aromatic N) is 4. The molecule has 3 heterocycles. The van der Waals surface area contributed by atoms with Crippen LogP contribution in [0.2, 0.25) is 0 Å². The zero-order valence-electron chi connectivity index (χ0n) is 69.0. The number of nitrogens with one attached hydrogen (secondary N) is 1. The lowest BCUT2D eigenvalue weighted by atomic mass is 9.51. The van der Waals surface area contributed by atoms with Crippen molar-refractivity contribution in [2.75, 3.05) is 0 Å². The van der Waals surface area contributed by atoms with E-state index in [0.717, 1.165) is 95.5 Å². The molecule has 25 rings (SSSR count). The molecule has 4 aliphatic carbocycles. The summed E-state index contributed by atoms with van der Waals surface area (Å²) in [7, 11) is 0. The Morgan fingerprint density at radius 2 is 0.730 bits per heavy atom. The van der Waals surface area contributed by atoms with Crippen LogP contribution in [0, 0.1) is 11.3 Å². The molecule has 18 aromatic rings. The topological polar surface area (TPSA) is 73.3 Å². The fourth-order valence-electron chi connectivity index (χ4n) is 23.1. The van der Waals surface area contributed by atoms with Crippen molar-refractivity contribution in [2.45, 2.75) is 60.6 Å². The molecule has 3 aliphatic heterocycles. The number of amidine groups is 3. The molecule has 0 radical (unpaired) electrons. The predicted octanol–water partition coefficient (Wildman–Crippen LogP) is 28.1. The number of hydrogen-bond donors (Lipinski definition) is 1. The highest BCUT2D eigenvalue weighted by Crippen LogP contribution is 2.70. The minimum Gasteiger partial charge on any atom is -0.282 e. The molecule has 2 unspecified atom stereocenters. The van der Waals surface area contributed by atoms with Gasteiger partial charge in [0.15, 0.2) is 17.5 Å². The Morgan fingerprint density at radius 3 is 1.30 bits per heavy atom. The molecule has 0 saturated heterocycles. The number of fused-ring (bicyclic) bond motifs is 31. The van der Waals surface area contributed by atoms with Crippen LogP contribution >= 0.6 is 23.5 Å². The normalized spacial score (nSPS) is 16.5. The van der Waals surface area contributed by atoms with Gasteiger partial charge in [-0.25, -0.2) is 15.0 Å². The van der Waals surface area contributed by atoms with Gasteiger partial charge in [-0.1, -0.05) is 400 Å². The predicted molar refractivity (Wildman–Crippen MR) is 518 cm³/mol. The first kappa shape index (κ1) is 73.9. The molecule has 18 aromatic carbocycles. The first-order chi connectivity index (χ1) is 62.3. The van der Waals surface area contributed by atoms with Crippen molar-refractivity contribution in [2.24, 2.45) is 25.9 Å². The lowest BCUT2D eigenvalue weighted by molar-refractivity contribution is 0.533. The van der Waals surface area contributed by atoms with E-state index in [1.807, 2.05) is 60.1 Å². The third kappa shape index (κ3) is 10.6. The van der Waals surface area contributed by atoms with Gasteiger partial charge in [-0.15, -0.1) is 0 Å². The summed E-state index contributed by atoms with van der Waals surface area (Å²) in [6, 6.07) is 158. The van der Waals surface area contributed by atoms with Gasteiger partial charge in [-0.2, -0.15) is 0 Å². The van der Waals surface area contributed by atoms with E-state index >= 15 is 0 Å². The molecule has 1 N–H and O–H groups in total. The molecule has 0 fully saturated rings. The van der Waals surface area contributed by atoms with Gasteiger partial charge in [0.1, 0.15) is 0 Å². The van der Waals surface area contributed by atoms with Gasteiger partial charge in [0.2, 0.25) is 0 Å². The quantitative estimate of drug-likeness (QED) is 0.116. The van der Waals surface area contributed by atoms with E-state index in [9.17, 15) is 5.41 Å². The van der Waals surface area contributed by atoms with Crippen molar-refractivity contribution >= 4 is 63.7 Å². The standard InChI is InChI=1S/C119H79N5S2/c1-2-84-111(76-33-5-3-6-34-76)122-115(83-62-65-87-86-41-13-14-43-91(86)117(106(87)72-83)96-46-17-21-50-100(96)119(101-51-22-18-47-97(101)117)104-54-25-29-58-109(104)126-110-59-30-26-55-105(110)119)123-112(84)88-42-12-11-40-85(88)81-39-31-38-79(69-81)80-63-66-92-89(70-80)90-71-82(113(120)124-114(77-35-7-4-8-36-77)121-73-74-60-61-75-32-9-10-37-78(75)68-74)64-67-93(90)116(92)94-44-15-19-48-98(94)118(99-49-20-16-45-95(99)116)102-52-23-27-56-107(102)125-108-57-28-24-53-103(108)118/h3-73,84,112,120H,2H2,1H3/b120-113?,121-73+,124-114-. The van der Waals surface area contributed by atoms with E-state index < -0.39 is 21.7 Å². The van der Waals surface area contributed by atoms with Gasteiger partial charge in [0, 0.05) is 48.4 Å². The second-order valence-corrected chi connectivity index (χ2v) is 36.3. The molecule has 4 spiro atoms. The highest BCUT2D eigenvalue weighted by Gasteiger charge is 2.61. The molecule has 2 atom stereocenters. The molecular formula is C119H79N5S2. The van der Waals surface area contributed by atoms with E-state index in [4.69, 9.17) is 20.0 Å². The molecule has 7 aliphatic rings. The van der Waals surface area contributed by atoms with Gasteiger partial charge in [-0.05, 0) is 222 Å². The first-order valence-corrected chi connectivity index (χ1v) is 45.3. The summed E-state index contributed by atoms with van der Waals surface area (Å²) >= 11 is 3.75. The Hall–Kier alpha value is -14.7. The van der Waals surface area contributed by atoms with E-state index in [1.165, 1.54) is 114 Å². The molecule has 592 valence electrons. The first-order valence-electron chi connectivity index (χ1n) is 43.7. The summed E-state index contributed by atoms with van der Waals surface area (Å²) in [5.74, 6) is 1.22. The van der Waals surface area contributed by atoms with Crippen LogP contribution in [0.4, 0.5) is 0 Å². The molecule has 126 heavy (non-hydrogen) atoms. The van der Waals surface area contributed by atoms with Crippen molar-refractivity contribution in [1.29, 1.82) is 5.41 Å². The van der Waals surface area contributed by atoms with Crippen LogP contribution in [-0.2, 0) is 21.7 Å². The van der Waals surface area contributed by atoms with Crippen molar-refractivity contribution in [3.63, 3.8) is 0 Å². The van der Waals surface area contributed by atoms with Crippen LogP contribution in [0.25, 0.3) is 55.3 Å². The van der Waals surface area contributed by atoms with Crippen LogP contribution in [0.1, 0.15) is 142 Å². The van der Waals surface area contributed by atoms with Gasteiger partial charge in [-0.3, -0.25) is 10.4 Å². The molecule has 0 bridgehead atoms. The minimum atomic E-state index is -0.797. The van der Waals surface area contributed by atoms with E-state index in [-0.39, 0.29) is 17.8 Å². The smallest absolute Gasteiger partial charge is 0.161 e. The van der Waals surface area contributed by atoms with Gasteiger partial charge < -0.3 is 0 Å². The average molecular weight is 1640 g/mol. The molecule has 0 aromatic heterocycles. The second-order valence-electron chi connectivity index (χ2n) is 34.2. The van der Waals surface area contributed by atoms with Crippen LogP contribution < -0.4 is 0 Å². The van der Waals surface area contributed by atoms with Gasteiger partial charge in [0.05, 0.1) is 33.4 Å². The summed E-state index contributed by atoms with van der Waals surface area (Å²) in [4.78, 5) is 27.3.